The topological polar surface area (TPSA) is 0 Å². The summed E-state index contributed by atoms with van der Waals surface area (Å²) in [5, 5.41) is 16.5. The first-order valence-electron chi connectivity index (χ1n) is 28.4. The molecule has 77 heavy (non-hydrogen) atoms. The Morgan fingerprint density at radius 3 is 0.532 bits per heavy atom. The van der Waals surface area contributed by atoms with Crippen molar-refractivity contribution in [2.45, 2.75) is 93.7 Å². The van der Waals surface area contributed by atoms with Gasteiger partial charge in [-0.3, -0.25) is 0 Å². The molecular formula is C74H72B2Mg. The van der Waals surface area contributed by atoms with Crippen LogP contribution in [0.3, 0.4) is 0 Å². The summed E-state index contributed by atoms with van der Waals surface area (Å²) in [6.07, 6.45) is 4.32. The van der Waals surface area contributed by atoms with Crippen LogP contribution in [0, 0.1) is 41.5 Å². The smallest absolute Gasteiger partial charge is 0.192 e. The number of hydrogen-bond donors (Lipinski definition) is 0. The number of unbranched alkanes of at least 4 members (excludes halogenated alkanes) is 2. The quantitative estimate of drug-likeness (QED) is 0.107. The average molecular weight is 1010 g/mol. The number of aryl methyl sites for hydroxylation is 6. The zero-order valence-corrected chi connectivity index (χ0v) is 48.3. The minimum absolute atomic E-state index is 0. The molecule has 0 nitrogen and oxygen atoms in total. The molecule has 0 aromatic heterocycles. The summed E-state index contributed by atoms with van der Waals surface area (Å²) in [4.78, 5) is 0. The van der Waals surface area contributed by atoms with E-state index in [-0.39, 0.29) is 23.1 Å². The van der Waals surface area contributed by atoms with Crippen LogP contribution in [0.2, 0.25) is 12.6 Å². The standard InChI is InChI=1S/2C37H36B.Mg/c2*1-5-6-25-38(35-22-19-26(2)29-13-7-10-16-32(29)35,36-23-20-27(3)30-14-8-11-17-33(30)36)37-24-21-28(4)31-15-9-12-18-34(31)37;/h2*7-24H,5-6,25H2,1-4H3;/q2*-1;+2. The van der Waals surface area contributed by atoms with Crippen molar-refractivity contribution in [2.75, 3.05) is 0 Å². The van der Waals surface area contributed by atoms with Gasteiger partial charge in [0, 0.05) is 0 Å². The maximum Gasteiger partial charge on any atom is 2.00 e. The van der Waals surface area contributed by atoms with E-state index >= 15 is 0 Å². The third-order valence-electron chi connectivity index (χ3n) is 18.2. The fraction of sp³-hybridized carbons (Fsp3) is 0.189. The monoisotopic (exact) mass is 1010 g/mol. The molecule has 0 radical (unpaired) electrons. The summed E-state index contributed by atoms with van der Waals surface area (Å²) in [6.45, 7) is 18.1. The van der Waals surface area contributed by atoms with Gasteiger partial charge in [-0.25, -0.2) is 0 Å². The van der Waals surface area contributed by atoms with Crippen LogP contribution in [0.5, 0.6) is 0 Å². The molecular weight excluding hydrogens is 935 g/mol. The molecule has 376 valence electrons. The Bertz CT molecular complexity index is 3450. The van der Waals surface area contributed by atoms with Crippen molar-refractivity contribution in [2.24, 2.45) is 0 Å². The van der Waals surface area contributed by atoms with Gasteiger partial charge in [-0.1, -0.05) is 290 Å². The molecule has 12 aromatic carbocycles. The molecule has 0 saturated heterocycles. The van der Waals surface area contributed by atoms with E-state index in [4.69, 9.17) is 0 Å². The van der Waals surface area contributed by atoms with Gasteiger partial charge in [-0.05, 0) is 107 Å². The summed E-state index contributed by atoms with van der Waals surface area (Å²) >= 11 is 0. The van der Waals surface area contributed by atoms with Crippen LogP contribution in [0.4, 0.5) is 0 Å². The van der Waals surface area contributed by atoms with Crippen molar-refractivity contribution in [1.82, 2.24) is 0 Å². The molecule has 0 amide bonds. The third-order valence-corrected chi connectivity index (χ3v) is 18.2. The Morgan fingerprint density at radius 2 is 0.377 bits per heavy atom. The molecule has 0 N–H and O–H groups in total. The molecule has 0 aliphatic rings. The first-order chi connectivity index (χ1) is 37.1. The van der Waals surface area contributed by atoms with Crippen LogP contribution >= 0.6 is 0 Å². The van der Waals surface area contributed by atoms with E-state index in [0.29, 0.717) is 0 Å². The van der Waals surface area contributed by atoms with Crippen molar-refractivity contribution >= 4 is 133 Å². The summed E-state index contributed by atoms with van der Waals surface area (Å²) in [7, 11) is 0. The van der Waals surface area contributed by atoms with Crippen molar-refractivity contribution < 1.29 is 0 Å². The molecule has 0 saturated carbocycles. The Labute approximate surface area is 475 Å². The van der Waals surface area contributed by atoms with Crippen molar-refractivity contribution in [3.63, 3.8) is 0 Å². The third kappa shape index (κ3) is 9.28. The number of rotatable bonds is 12. The van der Waals surface area contributed by atoms with Gasteiger partial charge in [0.05, 0.1) is 12.3 Å². The molecule has 0 spiro atoms. The predicted molar refractivity (Wildman–Crippen MR) is 347 cm³/mol. The van der Waals surface area contributed by atoms with Crippen LogP contribution in [0.25, 0.3) is 64.6 Å². The minimum atomic E-state index is -1.29. The molecule has 12 rings (SSSR count). The largest absolute Gasteiger partial charge is 2.00 e. The van der Waals surface area contributed by atoms with E-state index < -0.39 is 12.3 Å². The number of benzene rings is 12. The first kappa shape index (κ1) is 53.5. The second-order valence-corrected chi connectivity index (χ2v) is 22.5. The Balaban J connectivity index is 0.000000172. The zero-order valence-electron chi connectivity index (χ0n) is 46.9. The van der Waals surface area contributed by atoms with Crippen molar-refractivity contribution in [1.29, 1.82) is 0 Å². The molecule has 0 unspecified atom stereocenters. The average Bonchev–Trinajstić information content (AvgIpc) is 3.66. The molecule has 3 heteroatoms. The number of fused-ring (bicyclic) bond motifs is 6. The van der Waals surface area contributed by atoms with Gasteiger partial charge in [0.15, 0.2) is 0 Å². The van der Waals surface area contributed by atoms with Crippen LogP contribution in [0.15, 0.2) is 218 Å². The summed E-state index contributed by atoms with van der Waals surface area (Å²) in [6, 6.07) is 83.2. The second kappa shape index (κ2) is 22.6. The van der Waals surface area contributed by atoms with E-state index in [1.54, 1.807) is 0 Å². The van der Waals surface area contributed by atoms with Crippen LogP contribution in [-0.2, 0) is 0 Å². The molecule has 0 heterocycles. The van der Waals surface area contributed by atoms with Crippen molar-refractivity contribution in [3.05, 3.63) is 252 Å². The van der Waals surface area contributed by atoms with Crippen LogP contribution < -0.4 is 32.8 Å². The SMILES string of the molecule is CCCC[B-](c1ccc(C)c2ccccc12)(c1ccc(C)c2ccccc12)c1ccc(C)c2ccccc12.CCCC[B-](c1ccc(C)c2ccccc12)(c1ccc(C)c2ccccc12)c1ccc(C)c2ccccc12.[Mg+2]. The van der Waals surface area contributed by atoms with Gasteiger partial charge in [-0.15, -0.1) is 0 Å². The fourth-order valence-corrected chi connectivity index (χ4v) is 14.4. The van der Waals surface area contributed by atoms with Gasteiger partial charge in [0.1, 0.15) is 0 Å². The van der Waals surface area contributed by atoms with E-state index in [9.17, 15) is 0 Å². The fourth-order valence-electron chi connectivity index (χ4n) is 14.4. The van der Waals surface area contributed by atoms with E-state index in [0.717, 1.165) is 12.6 Å². The maximum absolute atomic E-state index is 2.45. The van der Waals surface area contributed by atoms with Crippen LogP contribution in [-0.4, -0.2) is 35.3 Å². The Kier molecular flexibility index (Phi) is 15.7. The van der Waals surface area contributed by atoms with E-state index in [1.807, 2.05) is 0 Å². The summed E-state index contributed by atoms with van der Waals surface area (Å²) in [5.41, 5.74) is 16.9. The molecule has 0 fully saturated rings. The van der Waals surface area contributed by atoms with Gasteiger partial charge in [-0.2, -0.15) is 45.4 Å². The number of hydrogen-bond acceptors (Lipinski definition) is 0. The Morgan fingerprint density at radius 1 is 0.221 bits per heavy atom. The predicted octanol–water partition coefficient (Wildman–Crippen LogP) is 16.3. The first-order valence-corrected chi connectivity index (χ1v) is 28.4. The minimum Gasteiger partial charge on any atom is -0.192 e. The molecule has 12 aromatic rings. The summed E-state index contributed by atoms with van der Waals surface area (Å²) < 4.78 is 0. The second-order valence-electron chi connectivity index (χ2n) is 22.5. The maximum atomic E-state index is 2.45. The van der Waals surface area contributed by atoms with Crippen molar-refractivity contribution in [3.8, 4) is 0 Å². The van der Waals surface area contributed by atoms with Gasteiger partial charge >= 0.3 is 23.1 Å². The Hall–Kier alpha value is -6.90. The molecule has 0 aliphatic heterocycles. The normalized spacial score (nSPS) is 11.8. The summed E-state index contributed by atoms with van der Waals surface area (Å²) in [5.74, 6) is 0. The molecule has 0 bridgehead atoms. The van der Waals surface area contributed by atoms with Gasteiger partial charge in [0.25, 0.3) is 0 Å². The molecule has 0 atom stereocenters. The van der Waals surface area contributed by atoms with E-state index in [1.165, 1.54) is 156 Å². The van der Waals surface area contributed by atoms with Gasteiger partial charge in [0.2, 0.25) is 0 Å². The zero-order chi connectivity index (χ0) is 52.6. The van der Waals surface area contributed by atoms with Gasteiger partial charge < -0.3 is 0 Å². The molecule has 0 aliphatic carbocycles. The van der Waals surface area contributed by atoms with E-state index in [2.05, 4.69) is 274 Å². The van der Waals surface area contributed by atoms with Crippen LogP contribution in [0.1, 0.15) is 72.9 Å².